The number of benzene rings is 1. The van der Waals surface area contributed by atoms with E-state index in [0.29, 0.717) is 23.7 Å². The second-order valence-corrected chi connectivity index (χ2v) is 5.75. The van der Waals surface area contributed by atoms with E-state index >= 15 is 0 Å². The zero-order valence-corrected chi connectivity index (χ0v) is 13.1. The van der Waals surface area contributed by atoms with Gasteiger partial charge in [-0.1, -0.05) is 30.5 Å². The summed E-state index contributed by atoms with van der Waals surface area (Å²) >= 11 is 6.16. The minimum Gasteiger partial charge on any atom is -0.483 e. The van der Waals surface area contributed by atoms with Gasteiger partial charge in [0.15, 0.2) is 6.61 Å². The Morgan fingerprint density at radius 3 is 2.62 bits per heavy atom. The molecular weight excluding hydrogens is 288 g/mol. The van der Waals surface area contributed by atoms with Crippen molar-refractivity contribution < 1.29 is 9.53 Å². The number of nitrogens with two attached hydrogens (primary N) is 1. The topological polar surface area (TPSA) is 55.6 Å². The number of rotatable bonds is 5. The van der Waals surface area contributed by atoms with Gasteiger partial charge in [-0.25, -0.2) is 0 Å². The molecule has 0 aromatic heterocycles. The molecule has 2 rings (SSSR count). The number of carbonyl (C=O) groups is 1. The molecule has 116 valence electrons. The van der Waals surface area contributed by atoms with Gasteiger partial charge in [-0.3, -0.25) is 4.79 Å². The number of hydrogen-bond donors (Lipinski definition) is 1. The number of halogens is 1. The summed E-state index contributed by atoms with van der Waals surface area (Å²) in [5.41, 5.74) is 6.48. The molecule has 0 spiro atoms. The molecule has 5 heteroatoms. The highest BCUT2D eigenvalue weighted by atomic mass is 35.5. The second kappa shape index (κ2) is 8.25. The van der Waals surface area contributed by atoms with Crippen LogP contribution in [0.25, 0.3) is 0 Å². The maximum Gasteiger partial charge on any atom is 0.260 e. The molecule has 0 radical (unpaired) electrons. The van der Waals surface area contributed by atoms with Crippen molar-refractivity contribution in [3.05, 3.63) is 28.8 Å². The Balaban J connectivity index is 1.95. The zero-order chi connectivity index (χ0) is 15.1. The van der Waals surface area contributed by atoms with Gasteiger partial charge in [0, 0.05) is 23.7 Å². The molecule has 1 aromatic rings. The lowest BCUT2D eigenvalue weighted by Crippen LogP contribution is -2.35. The van der Waals surface area contributed by atoms with E-state index < -0.39 is 0 Å². The highest BCUT2D eigenvalue weighted by molar-refractivity contribution is 6.31. The summed E-state index contributed by atoms with van der Waals surface area (Å²) in [6.07, 6.45) is 5.23. The van der Waals surface area contributed by atoms with E-state index in [4.69, 9.17) is 22.1 Å². The van der Waals surface area contributed by atoms with Gasteiger partial charge in [0.05, 0.1) is 0 Å². The normalized spacial score (nSPS) is 15.6. The van der Waals surface area contributed by atoms with Gasteiger partial charge < -0.3 is 15.4 Å². The Kier molecular flexibility index (Phi) is 6.33. The molecule has 4 nitrogen and oxygen atoms in total. The summed E-state index contributed by atoms with van der Waals surface area (Å²) in [4.78, 5) is 14.1. The van der Waals surface area contributed by atoms with E-state index in [1.807, 2.05) is 23.1 Å². The third-order valence-corrected chi connectivity index (χ3v) is 4.13. The van der Waals surface area contributed by atoms with Gasteiger partial charge in [-0.05, 0) is 37.9 Å². The number of hydrogen-bond acceptors (Lipinski definition) is 3. The first-order chi connectivity index (χ1) is 10.2. The number of likely N-dealkylation sites (tertiary alicyclic amines) is 1. The van der Waals surface area contributed by atoms with Crippen molar-refractivity contribution in [1.82, 2.24) is 4.90 Å². The maximum absolute atomic E-state index is 12.2. The Hall–Kier alpha value is -1.26. The molecule has 21 heavy (non-hydrogen) atoms. The van der Waals surface area contributed by atoms with Gasteiger partial charge in [0.25, 0.3) is 5.91 Å². The fourth-order valence-electron chi connectivity index (χ4n) is 2.61. The van der Waals surface area contributed by atoms with Crippen LogP contribution in [0.5, 0.6) is 5.75 Å². The minimum absolute atomic E-state index is 0.0515. The van der Waals surface area contributed by atoms with E-state index in [9.17, 15) is 4.79 Å². The zero-order valence-electron chi connectivity index (χ0n) is 12.3. The summed E-state index contributed by atoms with van der Waals surface area (Å²) < 4.78 is 5.70. The van der Waals surface area contributed by atoms with Crippen molar-refractivity contribution in [3.8, 4) is 5.75 Å². The van der Waals surface area contributed by atoms with Crippen molar-refractivity contribution in [1.29, 1.82) is 0 Å². The summed E-state index contributed by atoms with van der Waals surface area (Å²) in [5.74, 6) is 0.715. The van der Waals surface area contributed by atoms with Crippen molar-refractivity contribution in [2.75, 3.05) is 26.2 Å². The quantitative estimate of drug-likeness (QED) is 0.909. The third kappa shape index (κ3) is 4.61. The standard InChI is InChI=1S/C16H23ClN2O2/c17-14-6-5-7-15(13(14)8-9-18)21-12-16(20)19-10-3-1-2-4-11-19/h5-7H,1-4,8-12,18H2. The lowest BCUT2D eigenvalue weighted by Gasteiger charge is -2.21. The van der Waals surface area contributed by atoms with E-state index in [2.05, 4.69) is 0 Å². The van der Waals surface area contributed by atoms with Crippen molar-refractivity contribution in [3.63, 3.8) is 0 Å². The van der Waals surface area contributed by atoms with Crippen LogP contribution in [0.2, 0.25) is 5.02 Å². The second-order valence-electron chi connectivity index (χ2n) is 5.34. The van der Waals surface area contributed by atoms with E-state index in [0.717, 1.165) is 31.5 Å². The lowest BCUT2D eigenvalue weighted by atomic mass is 10.1. The van der Waals surface area contributed by atoms with Gasteiger partial charge in [0.1, 0.15) is 5.75 Å². The first-order valence-corrected chi connectivity index (χ1v) is 7.98. The average Bonchev–Trinajstić information content (AvgIpc) is 2.77. The van der Waals surface area contributed by atoms with Crippen LogP contribution < -0.4 is 10.5 Å². The van der Waals surface area contributed by atoms with Crippen LogP contribution >= 0.6 is 11.6 Å². The van der Waals surface area contributed by atoms with Crippen LogP contribution in [0.1, 0.15) is 31.2 Å². The molecule has 1 aromatic carbocycles. The highest BCUT2D eigenvalue weighted by Crippen LogP contribution is 2.26. The van der Waals surface area contributed by atoms with Crippen LogP contribution in [-0.2, 0) is 11.2 Å². The molecule has 0 aliphatic carbocycles. The third-order valence-electron chi connectivity index (χ3n) is 3.78. The van der Waals surface area contributed by atoms with Crippen LogP contribution in [0, 0.1) is 0 Å². The fraction of sp³-hybridized carbons (Fsp3) is 0.562. The highest BCUT2D eigenvalue weighted by Gasteiger charge is 2.17. The predicted molar refractivity (Wildman–Crippen MR) is 84.8 cm³/mol. The summed E-state index contributed by atoms with van der Waals surface area (Å²) in [7, 11) is 0. The Labute approximate surface area is 131 Å². The van der Waals surface area contributed by atoms with Crippen LogP contribution in [0.15, 0.2) is 18.2 Å². The molecule has 2 N–H and O–H groups in total. The van der Waals surface area contributed by atoms with Crippen LogP contribution in [0.3, 0.4) is 0 Å². The number of ether oxygens (including phenoxy) is 1. The average molecular weight is 311 g/mol. The molecule has 1 aliphatic heterocycles. The van der Waals surface area contributed by atoms with E-state index in [1.165, 1.54) is 12.8 Å². The lowest BCUT2D eigenvalue weighted by molar-refractivity contribution is -0.133. The molecule has 0 saturated carbocycles. The SMILES string of the molecule is NCCc1c(Cl)cccc1OCC(=O)N1CCCCCC1. The number of amides is 1. The summed E-state index contributed by atoms with van der Waals surface area (Å²) in [5, 5.41) is 0.639. The first kappa shape index (κ1) is 16.1. The smallest absolute Gasteiger partial charge is 0.260 e. The molecule has 1 aliphatic rings. The Morgan fingerprint density at radius 2 is 1.95 bits per heavy atom. The number of carbonyl (C=O) groups excluding carboxylic acids is 1. The van der Waals surface area contributed by atoms with Crippen molar-refractivity contribution in [2.45, 2.75) is 32.1 Å². The molecule has 0 bridgehead atoms. The predicted octanol–water partition coefficient (Wildman–Crippen LogP) is 2.62. The van der Waals surface area contributed by atoms with Gasteiger partial charge in [-0.15, -0.1) is 0 Å². The molecule has 0 unspecified atom stereocenters. The molecule has 1 fully saturated rings. The molecular formula is C16H23ClN2O2. The Bertz CT molecular complexity index is 471. The van der Waals surface area contributed by atoms with E-state index in [-0.39, 0.29) is 12.5 Å². The number of nitrogens with zero attached hydrogens (tertiary/aromatic N) is 1. The summed E-state index contributed by atoms with van der Waals surface area (Å²) in [6, 6.07) is 5.48. The molecule has 1 heterocycles. The summed E-state index contributed by atoms with van der Waals surface area (Å²) in [6.45, 7) is 2.25. The van der Waals surface area contributed by atoms with Crippen molar-refractivity contribution in [2.24, 2.45) is 5.73 Å². The van der Waals surface area contributed by atoms with Gasteiger partial charge >= 0.3 is 0 Å². The maximum atomic E-state index is 12.2. The monoisotopic (exact) mass is 310 g/mol. The van der Waals surface area contributed by atoms with Crippen LogP contribution in [0.4, 0.5) is 0 Å². The van der Waals surface area contributed by atoms with Gasteiger partial charge in [-0.2, -0.15) is 0 Å². The van der Waals surface area contributed by atoms with Gasteiger partial charge in [0.2, 0.25) is 0 Å². The molecule has 1 saturated heterocycles. The Morgan fingerprint density at radius 1 is 1.24 bits per heavy atom. The fourth-order valence-corrected chi connectivity index (χ4v) is 2.87. The minimum atomic E-state index is 0.0515. The van der Waals surface area contributed by atoms with Crippen LogP contribution in [-0.4, -0.2) is 37.0 Å². The van der Waals surface area contributed by atoms with Crippen molar-refractivity contribution >= 4 is 17.5 Å². The van der Waals surface area contributed by atoms with E-state index in [1.54, 1.807) is 0 Å². The molecule has 1 amide bonds. The molecule has 0 atom stereocenters. The largest absolute Gasteiger partial charge is 0.483 e. The first-order valence-electron chi connectivity index (χ1n) is 7.60.